The standard InChI is InChI=1S/C76H127N5O55/c1-17-38(96)48(106)52(110)71(117-17)133-62-37(81-22(6)95)66(115)118-31(15-90)61(62)132-68-34(78-19(3)92)45(103)59(29(13-88)123-68)131-74-56(114)63(43(101)32(127-74)16-116-75-64(51(109)42(100)26(10-85)122-75)135-69-35(79-20(4)93)46(104)57(27(11-86)124-69)129-72-53(111)49(107)40(98)24(8-83)120-72)134-76-65(55(113)60(30(14-89)126-76)128-67-33(77-18(2)91)44(102)39(97)23(7-82)119-67)136-70-36(80-21(5)94)47(105)58(28(12-87)125-70)130-73-54(112)50(108)41(99)25(9-84)121-73/h17,23-76,82-90,96-115H,7-16H2,1-6H3,(H,77,91)(H,78,92)(H,79,93)(H,80,94)(H,81,95)/t17-,23+,24+,25+,26+,27+,28+,29+,30+,31+,32+,33+,34+,35+,36+,37+,38+,39+,40-,41-,42+,43+,44+,45+,46+,47+,48+,49-,50-,51-,52-,53+,54+,55-,56-,57+,58+,59+,60+,61+,62+,63-,64-,65-,66+,67-,68-,69-,70-,71-,72-,73-,74-,75-,76+/m0/s1. The van der Waals surface area contributed by atoms with Crippen molar-refractivity contribution >= 4 is 29.5 Å². The molecule has 0 spiro atoms. The molecule has 0 aromatic carbocycles. The number of rotatable bonds is 35. The molecular formula is C76H127N5O55. The van der Waals surface area contributed by atoms with Gasteiger partial charge in [-0.25, -0.2) is 0 Å². The van der Waals surface area contributed by atoms with Crippen molar-refractivity contribution in [1.29, 1.82) is 0 Å². The fraction of sp³-hybridized carbons (Fsp3) is 0.934. The molecule has 11 saturated heterocycles. The average molecular weight is 1990 g/mol. The summed E-state index contributed by atoms with van der Waals surface area (Å²) < 4.78 is 127. The molecule has 786 valence electrons. The number of hydrogen-bond acceptors (Lipinski definition) is 55. The SMILES string of the molecule is CC(=O)N[C@@H]1[C@@H](O[C@@H]2O[C@@H](C)[C@@H](O)[C@@H](O)[C@@H]2O)[C@H](O[C@@H]2O[C@H](CO)[C@@H](O[C@@H]3O[C@H](CO[C@H]4O[C@H](CO)[C@@H](O)[C@H](O)[C@@H]4O[C@@H]4O[C@H](CO)[C@@H](O[C@@H]5O[C@H](CO)[C@H](O)[C@H](O)[C@H]5O)[C@H](O)[C@H]4NC(C)=O)[C@@H](O)[C@H](O[C@H]4O[C@H](CO)[C@@H](O[C@@H]5O[C@H](CO)[C@@H](O)[C@H](O)[C@H]5NC(C)=O)[C@H](O)[C@@H]4O[C@@H]4O[C@H](CO)[C@@H](O[C@@H]5O[C@H](CO)[C@H](O)[C@H](O)[C@H]5O)[C@H](O)[C@H]4NC(C)=O)[C@@H]3O)[C@H](O)[C@H]2NC(C)=O)[C@@H](CO)O[C@H]1O. The van der Waals surface area contributed by atoms with Crippen LogP contribution in [0.2, 0.25) is 0 Å². The van der Waals surface area contributed by atoms with Gasteiger partial charge >= 0.3 is 0 Å². The van der Waals surface area contributed by atoms with E-state index in [2.05, 4.69) is 26.6 Å². The topological polar surface area (TPSA) is 926 Å². The molecule has 11 aliphatic rings. The van der Waals surface area contributed by atoms with Crippen LogP contribution in [0.25, 0.3) is 0 Å². The quantitative estimate of drug-likeness (QED) is 0.0280. The fourth-order valence-electron chi connectivity index (χ4n) is 17.8. The number of carbonyl (C=O) groups is 5. The van der Waals surface area contributed by atoms with Crippen molar-refractivity contribution in [3.8, 4) is 0 Å². The first-order chi connectivity index (χ1) is 64.3. The molecule has 0 aliphatic carbocycles. The third kappa shape index (κ3) is 24.6. The lowest BCUT2D eigenvalue weighted by molar-refractivity contribution is -0.406. The highest BCUT2D eigenvalue weighted by Crippen LogP contribution is 2.43. The third-order valence-electron chi connectivity index (χ3n) is 24.9. The minimum absolute atomic E-state index is 0.881. The lowest BCUT2D eigenvalue weighted by Crippen LogP contribution is -2.71. The van der Waals surface area contributed by atoms with Gasteiger partial charge in [-0.05, 0) is 6.92 Å². The molecule has 11 aliphatic heterocycles. The number of aliphatic hydroxyl groups excluding tert-OH is 29. The van der Waals surface area contributed by atoms with Crippen LogP contribution in [-0.2, 0) is 123 Å². The Kier molecular flexibility index (Phi) is 40.1. The molecular weight excluding hydrogens is 1860 g/mol. The van der Waals surface area contributed by atoms with E-state index in [4.69, 9.17) is 99.5 Å². The van der Waals surface area contributed by atoms with Gasteiger partial charge in [0.05, 0.1) is 72.2 Å². The molecule has 60 nitrogen and oxygen atoms in total. The van der Waals surface area contributed by atoms with E-state index in [0.717, 1.165) is 34.6 Å². The minimum atomic E-state index is -2.75. The van der Waals surface area contributed by atoms with Crippen molar-refractivity contribution in [2.24, 2.45) is 0 Å². The van der Waals surface area contributed by atoms with E-state index >= 15 is 0 Å². The summed E-state index contributed by atoms with van der Waals surface area (Å²) in [5.74, 6) is -4.88. The van der Waals surface area contributed by atoms with Crippen molar-refractivity contribution in [1.82, 2.24) is 26.6 Å². The van der Waals surface area contributed by atoms with Gasteiger partial charge in [0.25, 0.3) is 0 Å². The van der Waals surface area contributed by atoms with E-state index in [1.165, 1.54) is 6.92 Å². The Morgan fingerprint density at radius 1 is 0.206 bits per heavy atom. The van der Waals surface area contributed by atoms with Crippen LogP contribution in [0.1, 0.15) is 41.5 Å². The zero-order valence-electron chi connectivity index (χ0n) is 73.4. The van der Waals surface area contributed by atoms with Crippen molar-refractivity contribution in [3.63, 3.8) is 0 Å². The maximum absolute atomic E-state index is 13.5. The number of ether oxygens (including phenoxy) is 21. The van der Waals surface area contributed by atoms with Crippen molar-refractivity contribution < 1.29 is 272 Å². The first-order valence-electron chi connectivity index (χ1n) is 43.5. The zero-order chi connectivity index (χ0) is 100. The van der Waals surface area contributed by atoms with Crippen LogP contribution in [0.4, 0.5) is 0 Å². The Bertz CT molecular complexity index is 3760. The van der Waals surface area contributed by atoms with E-state index in [9.17, 15) is 172 Å². The molecule has 5 amide bonds. The summed E-state index contributed by atoms with van der Waals surface area (Å²) in [5, 5.41) is 339. The van der Waals surface area contributed by atoms with Crippen LogP contribution < -0.4 is 26.6 Å². The van der Waals surface area contributed by atoms with Crippen LogP contribution in [0.3, 0.4) is 0 Å². The highest BCUT2D eigenvalue weighted by atomic mass is 16.8. The predicted octanol–water partition coefficient (Wildman–Crippen LogP) is -23.2. The van der Waals surface area contributed by atoms with Crippen molar-refractivity contribution in [2.45, 2.75) is 379 Å². The van der Waals surface area contributed by atoms with Crippen LogP contribution in [0.15, 0.2) is 0 Å². The number of hydrogen-bond donors (Lipinski definition) is 34. The maximum Gasteiger partial charge on any atom is 0.217 e. The highest BCUT2D eigenvalue weighted by Gasteiger charge is 2.63. The van der Waals surface area contributed by atoms with Gasteiger partial charge in [-0.2, -0.15) is 0 Å². The largest absolute Gasteiger partial charge is 0.394 e. The van der Waals surface area contributed by atoms with E-state index in [1.54, 1.807) is 0 Å². The first kappa shape index (κ1) is 112. The van der Waals surface area contributed by atoms with Gasteiger partial charge in [0.1, 0.15) is 262 Å². The Labute approximate surface area is 770 Å². The molecule has 0 unspecified atom stereocenters. The number of aliphatic hydroxyl groups is 29. The van der Waals surface area contributed by atoms with E-state index in [0.29, 0.717) is 0 Å². The molecule has 60 heteroatoms. The van der Waals surface area contributed by atoms with Crippen LogP contribution in [-0.4, -0.2) is 581 Å². The molecule has 0 aromatic rings. The summed E-state index contributed by atoms with van der Waals surface area (Å²) in [5.41, 5.74) is 0. The second-order valence-corrected chi connectivity index (χ2v) is 34.5. The number of nitrogens with one attached hydrogen (secondary N) is 5. The van der Waals surface area contributed by atoms with Crippen LogP contribution >= 0.6 is 0 Å². The third-order valence-corrected chi connectivity index (χ3v) is 24.9. The average Bonchev–Trinajstić information content (AvgIpc) is 0.821. The zero-order valence-corrected chi connectivity index (χ0v) is 73.4. The van der Waals surface area contributed by atoms with Gasteiger partial charge in [0.15, 0.2) is 69.2 Å². The minimum Gasteiger partial charge on any atom is -0.394 e. The molecule has 0 bridgehead atoms. The Hall–Kier alpha value is -4.65. The molecule has 11 rings (SSSR count). The summed E-state index contributed by atoms with van der Waals surface area (Å²) in [6, 6.07) is -9.88. The summed E-state index contributed by atoms with van der Waals surface area (Å²) in [6.07, 6.45) is -107. The van der Waals surface area contributed by atoms with Gasteiger partial charge in [-0.1, -0.05) is 0 Å². The van der Waals surface area contributed by atoms with E-state index in [1.807, 2.05) is 0 Å². The molecule has 0 aromatic heterocycles. The van der Waals surface area contributed by atoms with Gasteiger partial charge in [0, 0.05) is 34.6 Å². The van der Waals surface area contributed by atoms with Crippen LogP contribution in [0.5, 0.6) is 0 Å². The lowest BCUT2D eigenvalue weighted by atomic mass is 9.93. The van der Waals surface area contributed by atoms with Gasteiger partial charge in [0.2, 0.25) is 29.5 Å². The van der Waals surface area contributed by atoms with Gasteiger partial charge in [-0.3, -0.25) is 24.0 Å². The summed E-state index contributed by atoms with van der Waals surface area (Å²) in [4.78, 5) is 65.5. The maximum atomic E-state index is 13.5. The van der Waals surface area contributed by atoms with Crippen molar-refractivity contribution in [3.05, 3.63) is 0 Å². The Balaban J connectivity index is 0.984. The fourth-order valence-corrected chi connectivity index (χ4v) is 17.8. The summed E-state index contributed by atoms with van der Waals surface area (Å²) >= 11 is 0. The molecule has 11 heterocycles. The number of amides is 5. The Morgan fingerprint density at radius 2 is 0.463 bits per heavy atom. The van der Waals surface area contributed by atoms with Gasteiger partial charge < -0.3 is 274 Å². The predicted molar refractivity (Wildman–Crippen MR) is 419 cm³/mol. The second kappa shape index (κ2) is 48.8. The van der Waals surface area contributed by atoms with Crippen LogP contribution in [0, 0.1) is 0 Å². The lowest BCUT2D eigenvalue weighted by Gasteiger charge is -2.52. The number of carbonyl (C=O) groups excluding carboxylic acids is 5. The summed E-state index contributed by atoms with van der Waals surface area (Å²) in [6.45, 7) is -5.97. The normalized spacial score (nSPS) is 49.2. The highest BCUT2D eigenvalue weighted by molar-refractivity contribution is 5.75. The molecule has 0 radical (unpaired) electrons. The second-order valence-electron chi connectivity index (χ2n) is 34.5. The molecule has 11 fully saturated rings. The molecule has 34 N–H and O–H groups in total. The van der Waals surface area contributed by atoms with E-state index in [-0.39, 0.29) is 0 Å². The van der Waals surface area contributed by atoms with E-state index < -0.39 is 433 Å². The summed E-state index contributed by atoms with van der Waals surface area (Å²) in [7, 11) is 0. The smallest absolute Gasteiger partial charge is 0.217 e. The van der Waals surface area contributed by atoms with Crippen molar-refractivity contribution in [2.75, 3.05) is 66.1 Å². The van der Waals surface area contributed by atoms with Gasteiger partial charge in [-0.15, -0.1) is 0 Å². The monoisotopic (exact) mass is 1990 g/mol. The molecule has 136 heavy (non-hydrogen) atoms. The molecule has 55 atom stereocenters. The first-order valence-corrected chi connectivity index (χ1v) is 43.5. The molecule has 0 saturated carbocycles. The Morgan fingerprint density at radius 3 is 0.853 bits per heavy atom.